The van der Waals surface area contributed by atoms with Crippen molar-refractivity contribution in [1.82, 2.24) is 4.90 Å². The SMILES string of the molecule is CC(=O)Nc1sc2c(c1C(=O)OCC(=O)N(C1CCCC1)C1CCS(=O)(=O)C1)CCCC2. The Morgan fingerprint density at radius 3 is 2.44 bits per heavy atom. The van der Waals surface area contributed by atoms with E-state index in [9.17, 15) is 22.8 Å². The van der Waals surface area contributed by atoms with E-state index >= 15 is 0 Å². The first kappa shape index (κ1) is 23.2. The van der Waals surface area contributed by atoms with E-state index < -0.39 is 22.4 Å². The molecule has 3 aliphatic rings. The normalized spacial score (nSPS) is 22.3. The van der Waals surface area contributed by atoms with Gasteiger partial charge in [0.05, 0.1) is 17.1 Å². The van der Waals surface area contributed by atoms with E-state index in [1.807, 2.05) is 0 Å². The van der Waals surface area contributed by atoms with Crippen molar-refractivity contribution in [2.75, 3.05) is 23.4 Å². The third-order valence-corrected chi connectivity index (χ3v) is 9.56. The van der Waals surface area contributed by atoms with Gasteiger partial charge in [0, 0.05) is 23.9 Å². The molecule has 1 N–H and O–H groups in total. The van der Waals surface area contributed by atoms with Gasteiger partial charge in [-0.05, 0) is 50.5 Å². The highest BCUT2D eigenvalue weighted by Crippen LogP contribution is 2.38. The van der Waals surface area contributed by atoms with Crippen LogP contribution in [0.4, 0.5) is 5.00 Å². The van der Waals surface area contributed by atoms with Gasteiger partial charge in [-0.25, -0.2) is 13.2 Å². The molecule has 1 saturated heterocycles. The molecule has 1 unspecified atom stereocenters. The summed E-state index contributed by atoms with van der Waals surface area (Å²) >= 11 is 1.40. The molecule has 1 aromatic rings. The van der Waals surface area contributed by atoms with E-state index in [1.165, 1.54) is 18.3 Å². The Balaban J connectivity index is 1.49. The highest BCUT2D eigenvalue weighted by molar-refractivity contribution is 7.91. The van der Waals surface area contributed by atoms with Crippen LogP contribution in [0.25, 0.3) is 0 Å². The second-order valence-electron chi connectivity index (χ2n) is 8.97. The molecule has 2 heterocycles. The summed E-state index contributed by atoms with van der Waals surface area (Å²) in [7, 11) is -3.14. The molecule has 8 nitrogen and oxygen atoms in total. The number of rotatable bonds is 6. The summed E-state index contributed by atoms with van der Waals surface area (Å²) in [6.07, 6.45) is 7.77. The van der Waals surface area contributed by atoms with Crippen LogP contribution in [0.15, 0.2) is 0 Å². The van der Waals surface area contributed by atoms with Gasteiger partial charge in [-0.2, -0.15) is 0 Å². The van der Waals surface area contributed by atoms with Gasteiger partial charge >= 0.3 is 5.97 Å². The maximum absolute atomic E-state index is 13.1. The van der Waals surface area contributed by atoms with Crippen LogP contribution in [0.2, 0.25) is 0 Å². The number of carbonyl (C=O) groups excluding carboxylic acids is 3. The third-order valence-electron chi connectivity index (χ3n) is 6.60. The van der Waals surface area contributed by atoms with Crippen molar-refractivity contribution in [2.45, 2.75) is 76.8 Å². The Kier molecular flexibility index (Phi) is 6.90. The van der Waals surface area contributed by atoms with Gasteiger partial charge < -0.3 is 15.0 Å². The van der Waals surface area contributed by atoms with Crippen molar-refractivity contribution in [3.8, 4) is 0 Å². The Morgan fingerprint density at radius 2 is 1.78 bits per heavy atom. The van der Waals surface area contributed by atoms with Crippen molar-refractivity contribution >= 4 is 44.0 Å². The fraction of sp³-hybridized carbons (Fsp3) is 0.682. The van der Waals surface area contributed by atoms with Gasteiger partial charge in [0.25, 0.3) is 5.91 Å². The maximum atomic E-state index is 13.1. The van der Waals surface area contributed by atoms with Crippen molar-refractivity contribution < 1.29 is 27.5 Å². The van der Waals surface area contributed by atoms with Crippen molar-refractivity contribution in [1.29, 1.82) is 0 Å². The second-order valence-corrected chi connectivity index (χ2v) is 12.3. The summed E-state index contributed by atoms with van der Waals surface area (Å²) in [4.78, 5) is 40.6. The second kappa shape index (κ2) is 9.51. The van der Waals surface area contributed by atoms with Crippen molar-refractivity contribution in [3.63, 3.8) is 0 Å². The van der Waals surface area contributed by atoms with Crippen molar-refractivity contribution in [2.24, 2.45) is 0 Å². The van der Waals surface area contributed by atoms with E-state index in [0.717, 1.165) is 61.8 Å². The number of carbonyl (C=O) groups is 3. The average Bonchev–Trinajstić information content (AvgIpc) is 3.45. The molecular weight excluding hydrogens is 452 g/mol. The number of nitrogens with zero attached hydrogens (tertiary/aromatic N) is 1. The van der Waals surface area contributed by atoms with E-state index in [0.29, 0.717) is 17.0 Å². The minimum absolute atomic E-state index is 0.00310. The maximum Gasteiger partial charge on any atom is 0.341 e. The lowest BCUT2D eigenvalue weighted by Gasteiger charge is -2.33. The fourth-order valence-corrected chi connectivity index (χ4v) is 8.22. The van der Waals surface area contributed by atoms with Crippen molar-refractivity contribution in [3.05, 3.63) is 16.0 Å². The molecule has 2 aliphatic carbocycles. The Morgan fingerprint density at radius 1 is 1.06 bits per heavy atom. The van der Waals surface area contributed by atoms with Gasteiger partial charge in [-0.15, -0.1) is 11.3 Å². The number of anilines is 1. The Bertz CT molecular complexity index is 1010. The zero-order chi connectivity index (χ0) is 22.9. The van der Waals surface area contributed by atoms with Gasteiger partial charge in [0.15, 0.2) is 16.4 Å². The number of fused-ring (bicyclic) bond motifs is 1. The van der Waals surface area contributed by atoms with E-state index in [2.05, 4.69) is 5.32 Å². The van der Waals surface area contributed by atoms with E-state index in [1.54, 1.807) is 4.90 Å². The molecule has 1 aromatic heterocycles. The first-order valence-electron chi connectivity index (χ1n) is 11.4. The lowest BCUT2D eigenvalue weighted by atomic mass is 9.95. The number of hydrogen-bond acceptors (Lipinski definition) is 7. The summed E-state index contributed by atoms with van der Waals surface area (Å²) in [5, 5.41) is 3.22. The molecule has 0 spiro atoms. The number of ether oxygens (including phenoxy) is 1. The van der Waals surface area contributed by atoms with Crippen LogP contribution in [0.3, 0.4) is 0 Å². The quantitative estimate of drug-likeness (QED) is 0.625. The predicted molar refractivity (Wildman–Crippen MR) is 122 cm³/mol. The monoisotopic (exact) mass is 482 g/mol. The summed E-state index contributed by atoms with van der Waals surface area (Å²) in [5.74, 6) is -1.13. The van der Waals surface area contributed by atoms with Gasteiger partial charge in [-0.1, -0.05) is 12.8 Å². The van der Waals surface area contributed by atoms with E-state index in [4.69, 9.17) is 4.74 Å². The Labute approximate surface area is 192 Å². The lowest BCUT2D eigenvalue weighted by molar-refractivity contribution is -0.139. The number of nitrogens with one attached hydrogen (secondary N) is 1. The number of sulfone groups is 1. The van der Waals surface area contributed by atoms with Crippen LogP contribution < -0.4 is 5.32 Å². The molecule has 1 aliphatic heterocycles. The summed E-state index contributed by atoms with van der Waals surface area (Å²) < 4.78 is 29.5. The summed E-state index contributed by atoms with van der Waals surface area (Å²) in [6.45, 7) is 0.975. The van der Waals surface area contributed by atoms with Crippen LogP contribution in [-0.2, 0) is 37.0 Å². The number of amides is 2. The molecule has 1 atom stereocenters. The van der Waals surface area contributed by atoms with Crippen LogP contribution in [-0.4, -0.2) is 61.3 Å². The molecule has 0 bridgehead atoms. The largest absolute Gasteiger partial charge is 0.452 e. The lowest BCUT2D eigenvalue weighted by Crippen LogP contribution is -2.48. The van der Waals surface area contributed by atoms with Gasteiger partial charge in [-0.3, -0.25) is 9.59 Å². The van der Waals surface area contributed by atoms with Gasteiger partial charge in [0.1, 0.15) is 5.00 Å². The number of thiophene rings is 1. The molecular formula is C22H30N2O6S2. The van der Waals surface area contributed by atoms with Gasteiger partial charge in [0.2, 0.25) is 5.91 Å². The zero-order valence-electron chi connectivity index (χ0n) is 18.4. The molecule has 2 fully saturated rings. The van der Waals surface area contributed by atoms with Crippen LogP contribution >= 0.6 is 11.3 Å². The minimum atomic E-state index is -3.14. The molecule has 1 saturated carbocycles. The molecule has 0 aromatic carbocycles. The minimum Gasteiger partial charge on any atom is -0.452 e. The van der Waals surface area contributed by atoms with E-state index in [-0.39, 0.29) is 35.4 Å². The number of esters is 1. The summed E-state index contributed by atoms with van der Waals surface area (Å²) in [6, 6.07) is -0.346. The number of aryl methyl sites for hydroxylation is 1. The summed E-state index contributed by atoms with van der Waals surface area (Å²) in [5.41, 5.74) is 1.28. The Hall–Kier alpha value is -1.94. The average molecular weight is 483 g/mol. The third kappa shape index (κ3) is 5.01. The molecule has 10 heteroatoms. The zero-order valence-corrected chi connectivity index (χ0v) is 20.0. The fourth-order valence-electron chi connectivity index (χ4n) is 5.19. The molecule has 176 valence electrons. The molecule has 2 amide bonds. The number of hydrogen-bond donors (Lipinski definition) is 1. The van der Waals surface area contributed by atoms with Crippen LogP contribution in [0.5, 0.6) is 0 Å². The first-order valence-corrected chi connectivity index (χ1v) is 14.0. The highest BCUT2D eigenvalue weighted by Gasteiger charge is 2.39. The smallest absolute Gasteiger partial charge is 0.341 e. The van der Waals surface area contributed by atoms with Crippen LogP contribution in [0.1, 0.15) is 72.7 Å². The first-order chi connectivity index (χ1) is 15.2. The topological polar surface area (TPSA) is 110 Å². The molecule has 32 heavy (non-hydrogen) atoms. The molecule has 4 rings (SSSR count). The highest BCUT2D eigenvalue weighted by atomic mass is 32.2. The predicted octanol–water partition coefficient (Wildman–Crippen LogP) is 2.70. The molecule has 0 radical (unpaired) electrons. The van der Waals surface area contributed by atoms with Crippen LogP contribution in [0, 0.1) is 0 Å². The standard InChI is InChI=1S/C22H30N2O6S2/c1-14(25)23-21-20(17-8-4-5-9-18(17)31-21)22(27)30-12-19(26)24(15-6-2-3-7-15)16-10-11-32(28,29)13-16/h15-16H,2-13H2,1H3,(H,23,25).